The minimum atomic E-state index is -0.164. The number of nitrogens with zero attached hydrogens (tertiary/aromatic N) is 2. The van der Waals surface area contributed by atoms with Crippen LogP contribution in [0.2, 0.25) is 0 Å². The maximum absolute atomic E-state index is 12.1. The third-order valence-electron chi connectivity index (χ3n) is 3.77. The molecule has 0 unspecified atom stereocenters. The summed E-state index contributed by atoms with van der Waals surface area (Å²) in [5, 5.41) is 9.93. The largest absolute Gasteiger partial charge is 0.344 e. The molecule has 5 nitrogen and oxygen atoms in total. The molecule has 1 heterocycles. The lowest BCUT2D eigenvalue weighted by atomic mass is 9.75. The number of carbonyl (C=O) groups is 1. The van der Waals surface area contributed by atoms with Crippen LogP contribution in [0.5, 0.6) is 0 Å². The molecule has 0 bridgehead atoms. The maximum Gasteiger partial charge on any atom is 0.291 e. The highest BCUT2D eigenvalue weighted by molar-refractivity contribution is 5.91. The van der Waals surface area contributed by atoms with Gasteiger partial charge in [-0.2, -0.15) is 0 Å². The van der Waals surface area contributed by atoms with E-state index in [0.717, 1.165) is 25.1 Å². The molecule has 0 spiro atoms. The Labute approximate surface area is 108 Å². The van der Waals surface area contributed by atoms with E-state index in [2.05, 4.69) is 27.4 Å². The van der Waals surface area contributed by atoms with Crippen molar-refractivity contribution in [2.75, 3.05) is 0 Å². The minimum Gasteiger partial charge on any atom is -0.344 e. The van der Waals surface area contributed by atoms with Crippen molar-refractivity contribution in [2.45, 2.75) is 64.3 Å². The van der Waals surface area contributed by atoms with Crippen molar-refractivity contribution in [3.8, 4) is 0 Å². The molecule has 1 aromatic rings. The number of hydrogen-bond acceptors (Lipinski definition) is 3. The zero-order valence-electron chi connectivity index (χ0n) is 11.6. The monoisotopic (exact) mass is 250 g/mol. The van der Waals surface area contributed by atoms with Gasteiger partial charge < -0.3 is 5.32 Å². The Hall–Kier alpha value is -1.39. The Morgan fingerprint density at radius 2 is 2.11 bits per heavy atom. The van der Waals surface area contributed by atoms with Crippen molar-refractivity contribution < 1.29 is 4.79 Å². The van der Waals surface area contributed by atoms with Gasteiger partial charge in [-0.05, 0) is 25.7 Å². The van der Waals surface area contributed by atoms with E-state index in [4.69, 9.17) is 0 Å². The lowest BCUT2D eigenvalue weighted by Gasteiger charge is -2.41. The van der Waals surface area contributed by atoms with Gasteiger partial charge in [0.25, 0.3) is 5.91 Å². The summed E-state index contributed by atoms with van der Waals surface area (Å²) in [4.78, 5) is 16.4. The third-order valence-corrected chi connectivity index (χ3v) is 3.77. The fourth-order valence-electron chi connectivity index (χ4n) is 2.17. The van der Waals surface area contributed by atoms with E-state index in [0.29, 0.717) is 0 Å². The van der Waals surface area contributed by atoms with Crippen molar-refractivity contribution in [1.29, 1.82) is 0 Å². The zero-order valence-corrected chi connectivity index (χ0v) is 11.6. The topological polar surface area (TPSA) is 70.7 Å². The van der Waals surface area contributed by atoms with Crippen molar-refractivity contribution in [3.63, 3.8) is 0 Å². The third kappa shape index (κ3) is 2.40. The summed E-state index contributed by atoms with van der Waals surface area (Å²) in [7, 11) is 0. The van der Waals surface area contributed by atoms with Crippen LogP contribution < -0.4 is 5.32 Å². The molecule has 5 heteroatoms. The van der Waals surface area contributed by atoms with Gasteiger partial charge in [0.15, 0.2) is 0 Å². The van der Waals surface area contributed by atoms with Crippen LogP contribution in [0, 0.1) is 0 Å². The van der Waals surface area contributed by atoms with Crippen LogP contribution in [-0.4, -0.2) is 26.6 Å². The van der Waals surface area contributed by atoms with Gasteiger partial charge in [0.2, 0.25) is 5.82 Å². The summed E-state index contributed by atoms with van der Waals surface area (Å²) >= 11 is 0. The predicted octanol–water partition coefficient (Wildman–Crippen LogP) is 2.16. The standard InChI is InChI=1S/C13H22N4O/c1-5-13(7-6-8-13)15-10(18)9-14-11(17-16-9)12(2,3)4/h5-8H2,1-4H3,(H,15,18)(H,14,16,17). The maximum atomic E-state index is 12.1. The molecule has 2 rings (SSSR count). The number of amides is 1. The number of aromatic nitrogens is 3. The molecule has 100 valence electrons. The minimum absolute atomic E-state index is 0.0143. The second-order valence-electron chi connectivity index (χ2n) is 6.20. The van der Waals surface area contributed by atoms with Crippen molar-refractivity contribution in [2.24, 2.45) is 0 Å². The van der Waals surface area contributed by atoms with Crippen molar-refractivity contribution >= 4 is 5.91 Å². The SMILES string of the molecule is CCC1(NC(=O)c2n[nH]c(C(C)(C)C)n2)CCC1. The highest BCUT2D eigenvalue weighted by Gasteiger charge is 2.37. The lowest BCUT2D eigenvalue weighted by molar-refractivity contribution is 0.0810. The lowest BCUT2D eigenvalue weighted by Crippen LogP contribution is -2.53. The van der Waals surface area contributed by atoms with Gasteiger partial charge in [-0.25, -0.2) is 4.98 Å². The van der Waals surface area contributed by atoms with Crippen molar-refractivity contribution in [3.05, 3.63) is 11.6 Å². The highest BCUT2D eigenvalue weighted by atomic mass is 16.2. The van der Waals surface area contributed by atoms with Crippen LogP contribution in [0.1, 0.15) is 69.8 Å². The Kier molecular flexibility index (Phi) is 3.17. The van der Waals surface area contributed by atoms with E-state index >= 15 is 0 Å². The fraction of sp³-hybridized carbons (Fsp3) is 0.769. The van der Waals surface area contributed by atoms with E-state index in [9.17, 15) is 4.79 Å². The molecule has 0 radical (unpaired) electrons. The first-order chi connectivity index (χ1) is 8.36. The second-order valence-corrected chi connectivity index (χ2v) is 6.20. The van der Waals surface area contributed by atoms with Gasteiger partial charge in [0, 0.05) is 11.0 Å². The average molecular weight is 250 g/mol. The van der Waals surface area contributed by atoms with Crippen LogP contribution in [0.4, 0.5) is 0 Å². The number of aromatic amines is 1. The molecule has 1 amide bonds. The number of rotatable bonds is 3. The van der Waals surface area contributed by atoms with E-state index in [-0.39, 0.29) is 22.7 Å². The number of hydrogen-bond donors (Lipinski definition) is 2. The smallest absolute Gasteiger partial charge is 0.291 e. The highest BCUT2D eigenvalue weighted by Crippen LogP contribution is 2.34. The Bertz CT molecular complexity index is 435. The summed E-state index contributed by atoms with van der Waals surface area (Å²) in [6.45, 7) is 8.22. The fourth-order valence-corrected chi connectivity index (χ4v) is 2.17. The van der Waals surface area contributed by atoms with E-state index < -0.39 is 0 Å². The molecule has 1 aromatic heterocycles. The quantitative estimate of drug-likeness (QED) is 0.863. The zero-order chi connectivity index (χ0) is 13.4. The van der Waals surface area contributed by atoms with Crippen LogP contribution >= 0.6 is 0 Å². The summed E-state index contributed by atoms with van der Waals surface area (Å²) in [6, 6.07) is 0. The van der Waals surface area contributed by atoms with Gasteiger partial charge in [-0.3, -0.25) is 9.89 Å². The van der Waals surface area contributed by atoms with Gasteiger partial charge in [-0.1, -0.05) is 27.7 Å². The molecule has 1 fully saturated rings. The molecular formula is C13H22N4O. The molecule has 0 saturated heterocycles. The normalized spacial score (nSPS) is 18.2. The molecule has 1 aliphatic carbocycles. The first kappa shape index (κ1) is 13.1. The molecule has 1 saturated carbocycles. The van der Waals surface area contributed by atoms with Gasteiger partial charge in [-0.15, -0.1) is 5.10 Å². The van der Waals surface area contributed by atoms with Gasteiger partial charge in [0.1, 0.15) is 5.82 Å². The first-order valence-corrected chi connectivity index (χ1v) is 6.62. The van der Waals surface area contributed by atoms with Crippen LogP contribution in [0.3, 0.4) is 0 Å². The molecule has 0 aliphatic heterocycles. The average Bonchev–Trinajstić information content (AvgIpc) is 2.71. The van der Waals surface area contributed by atoms with Crippen LogP contribution in [-0.2, 0) is 5.41 Å². The van der Waals surface area contributed by atoms with Crippen LogP contribution in [0.25, 0.3) is 0 Å². The molecular weight excluding hydrogens is 228 g/mol. The molecule has 18 heavy (non-hydrogen) atoms. The Balaban J connectivity index is 2.08. The first-order valence-electron chi connectivity index (χ1n) is 6.62. The molecule has 0 atom stereocenters. The van der Waals surface area contributed by atoms with E-state index in [1.807, 2.05) is 20.8 Å². The number of carbonyl (C=O) groups excluding carboxylic acids is 1. The van der Waals surface area contributed by atoms with Crippen molar-refractivity contribution in [1.82, 2.24) is 20.5 Å². The summed E-state index contributed by atoms with van der Waals surface area (Å²) in [6.07, 6.45) is 4.28. The van der Waals surface area contributed by atoms with Gasteiger partial charge >= 0.3 is 0 Å². The molecule has 1 aliphatic rings. The molecule has 2 N–H and O–H groups in total. The predicted molar refractivity (Wildman–Crippen MR) is 69.4 cm³/mol. The number of nitrogens with one attached hydrogen (secondary N) is 2. The second kappa shape index (κ2) is 4.37. The Morgan fingerprint density at radius 3 is 2.50 bits per heavy atom. The summed E-state index contributed by atoms with van der Waals surface area (Å²) in [5.74, 6) is 0.828. The van der Waals surface area contributed by atoms with Crippen LogP contribution in [0.15, 0.2) is 0 Å². The Morgan fingerprint density at radius 1 is 1.44 bits per heavy atom. The summed E-state index contributed by atoms with van der Waals surface area (Å²) < 4.78 is 0. The van der Waals surface area contributed by atoms with E-state index in [1.54, 1.807) is 0 Å². The van der Waals surface area contributed by atoms with Gasteiger partial charge in [0.05, 0.1) is 0 Å². The molecule has 0 aromatic carbocycles. The van der Waals surface area contributed by atoms with E-state index in [1.165, 1.54) is 6.42 Å². The summed E-state index contributed by atoms with van der Waals surface area (Å²) in [5.41, 5.74) is -0.135. The number of H-pyrrole nitrogens is 1.